The maximum Gasteiger partial charge on any atom is 0.190 e. The molecule has 0 saturated heterocycles. The van der Waals surface area contributed by atoms with Gasteiger partial charge in [-0.3, -0.25) is 0 Å². The lowest BCUT2D eigenvalue weighted by atomic mass is 10.4. The van der Waals surface area contributed by atoms with Crippen molar-refractivity contribution in [1.29, 1.82) is 0 Å². The Bertz CT molecular complexity index is 518. The van der Waals surface area contributed by atoms with Crippen molar-refractivity contribution in [3.8, 4) is 0 Å². The number of halogens is 2. The zero-order chi connectivity index (χ0) is 12.3. The molecular formula is C10H9BrClN3S2. The van der Waals surface area contributed by atoms with Crippen molar-refractivity contribution in [3.63, 3.8) is 0 Å². The fraction of sp³-hybridized carbons (Fsp3) is 0.200. The topological polar surface area (TPSA) is 37.8 Å². The average Bonchev–Trinajstić information content (AvgIpc) is 2.72. The highest BCUT2D eigenvalue weighted by atomic mass is 79.9. The molecular weight excluding hydrogens is 342 g/mol. The van der Waals surface area contributed by atoms with Crippen LogP contribution in [0.1, 0.15) is 4.88 Å². The average molecular weight is 351 g/mol. The van der Waals surface area contributed by atoms with Gasteiger partial charge in [-0.15, -0.1) is 11.3 Å². The third kappa shape index (κ3) is 3.84. The van der Waals surface area contributed by atoms with Crippen molar-refractivity contribution >= 4 is 56.4 Å². The van der Waals surface area contributed by atoms with E-state index in [1.54, 1.807) is 17.4 Å². The van der Waals surface area contributed by atoms with Crippen molar-refractivity contribution in [2.24, 2.45) is 0 Å². The highest BCUT2D eigenvalue weighted by Gasteiger charge is 2.03. The molecule has 0 aromatic carbocycles. The Hall–Kier alpha value is -0.300. The third-order valence-electron chi connectivity index (χ3n) is 1.93. The van der Waals surface area contributed by atoms with Gasteiger partial charge in [-0.2, -0.15) is 0 Å². The normalized spacial score (nSPS) is 10.5. The second kappa shape index (κ2) is 6.04. The lowest BCUT2D eigenvalue weighted by molar-refractivity contribution is 0.959. The Morgan fingerprint density at radius 1 is 1.47 bits per heavy atom. The van der Waals surface area contributed by atoms with Crippen LogP contribution >= 0.6 is 50.6 Å². The summed E-state index contributed by atoms with van der Waals surface area (Å²) in [6.07, 6.45) is 1.92. The summed E-state index contributed by atoms with van der Waals surface area (Å²) >= 11 is 12.5. The van der Waals surface area contributed by atoms with E-state index in [0.717, 1.165) is 16.1 Å². The number of thiophene rings is 1. The van der Waals surface area contributed by atoms with Crippen LogP contribution in [-0.4, -0.2) is 16.2 Å². The van der Waals surface area contributed by atoms with E-state index in [1.807, 2.05) is 12.3 Å². The summed E-state index contributed by atoms with van der Waals surface area (Å²) in [5.41, 5.74) is 0. The van der Waals surface area contributed by atoms with E-state index >= 15 is 0 Å². The van der Waals surface area contributed by atoms with Crippen LogP contribution in [0.25, 0.3) is 0 Å². The standard InChI is InChI=1S/C10H9BrClN3S2/c1-16-10-14-8(12)4-9(15-10)13-5-6-2-3-7(11)17-6/h2-4H,5H2,1H3,(H,13,14,15). The summed E-state index contributed by atoms with van der Waals surface area (Å²) in [6, 6.07) is 5.83. The predicted molar refractivity (Wildman–Crippen MR) is 78.2 cm³/mol. The number of hydrogen-bond donors (Lipinski definition) is 1. The van der Waals surface area contributed by atoms with Crippen LogP contribution in [0.2, 0.25) is 5.15 Å². The SMILES string of the molecule is CSc1nc(Cl)cc(NCc2ccc(Br)s2)n1. The number of anilines is 1. The van der Waals surface area contributed by atoms with E-state index < -0.39 is 0 Å². The minimum Gasteiger partial charge on any atom is -0.365 e. The zero-order valence-corrected chi connectivity index (χ0v) is 12.9. The molecule has 0 saturated carbocycles. The van der Waals surface area contributed by atoms with Crippen LogP contribution in [0.3, 0.4) is 0 Å². The number of thioether (sulfide) groups is 1. The molecule has 0 bridgehead atoms. The Morgan fingerprint density at radius 3 is 2.94 bits per heavy atom. The number of aromatic nitrogens is 2. The van der Waals surface area contributed by atoms with Gasteiger partial charge < -0.3 is 5.32 Å². The van der Waals surface area contributed by atoms with E-state index in [-0.39, 0.29) is 0 Å². The van der Waals surface area contributed by atoms with Crippen LogP contribution in [0.15, 0.2) is 27.1 Å². The molecule has 3 nitrogen and oxygen atoms in total. The molecule has 2 heterocycles. The van der Waals surface area contributed by atoms with Gasteiger partial charge >= 0.3 is 0 Å². The third-order valence-corrected chi connectivity index (χ3v) is 4.29. The second-order valence-corrected chi connectivity index (χ2v) is 6.83. The van der Waals surface area contributed by atoms with Crippen LogP contribution in [0.5, 0.6) is 0 Å². The molecule has 0 aliphatic carbocycles. The van der Waals surface area contributed by atoms with E-state index in [4.69, 9.17) is 11.6 Å². The molecule has 0 unspecified atom stereocenters. The van der Waals surface area contributed by atoms with Gasteiger partial charge in [0.1, 0.15) is 11.0 Å². The smallest absolute Gasteiger partial charge is 0.190 e. The minimum atomic E-state index is 0.458. The van der Waals surface area contributed by atoms with Crippen LogP contribution in [-0.2, 0) is 6.54 Å². The molecule has 0 radical (unpaired) electrons. The monoisotopic (exact) mass is 349 g/mol. The molecule has 2 aromatic rings. The molecule has 2 aromatic heterocycles. The molecule has 0 fully saturated rings. The summed E-state index contributed by atoms with van der Waals surface area (Å²) in [6.45, 7) is 0.734. The lowest BCUT2D eigenvalue weighted by Gasteiger charge is -2.05. The fourth-order valence-corrected chi connectivity index (χ4v) is 3.24. The van der Waals surface area contributed by atoms with Crippen LogP contribution in [0, 0.1) is 0 Å². The minimum absolute atomic E-state index is 0.458. The molecule has 1 N–H and O–H groups in total. The first-order valence-electron chi connectivity index (χ1n) is 4.74. The quantitative estimate of drug-likeness (QED) is 0.507. The zero-order valence-electron chi connectivity index (χ0n) is 8.91. The van der Waals surface area contributed by atoms with Gasteiger partial charge in [0.25, 0.3) is 0 Å². The first kappa shape index (κ1) is 13.1. The Morgan fingerprint density at radius 2 is 2.29 bits per heavy atom. The van der Waals surface area contributed by atoms with E-state index in [1.165, 1.54) is 16.6 Å². The van der Waals surface area contributed by atoms with Gasteiger partial charge in [-0.05, 0) is 34.3 Å². The molecule has 0 aliphatic rings. The second-order valence-electron chi connectivity index (χ2n) is 3.12. The highest BCUT2D eigenvalue weighted by Crippen LogP contribution is 2.23. The Labute approximate surface area is 121 Å². The molecule has 7 heteroatoms. The van der Waals surface area contributed by atoms with Crippen molar-refractivity contribution in [2.45, 2.75) is 11.7 Å². The van der Waals surface area contributed by atoms with Gasteiger partial charge in [0, 0.05) is 10.9 Å². The first-order valence-corrected chi connectivity index (χ1v) is 7.95. The number of rotatable bonds is 4. The van der Waals surface area contributed by atoms with Crippen LogP contribution in [0.4, 0.5) is 5.82 Å². The van der Waals surface area contributed by atoms with Gasteiger partial charge in [-0.25, -0.2) is 9.97 Å². The van der Waals surface area contributed by atoms with Crippen molar-refractivity contribution < 1.29 is 0 Å². The maximum atomic E-state index is 5.91. The molecule has 90 valence electrons. The molecule has 0 amide bonds. The summed E-state index contributed by atoms with van der Waals surface area (Å²) in [5.74, 6) is 0.749. The van der Waals surface area contributed by atoms with Crippen molar-refractivity contribution in [1.82, 2.24) is 9.97 Å². The number of hydrogen-bond acceptors (Lipinski definition) is 5. The molecule has 17 heavy (non-hydrogen) atoms. The summed E-state index contributed by atoms with van der Waals surface area (Å²) in [7, 11) is 0. The summed E-state index contributed by atoms with van der Waals surface area (Å²) in [4.78, 5) is 9.64. The van der Waals surface area contributed by atoms with Crippen molar-refractivity contribution in [3.05, 3.63) is 32.0 Å². The van der Waals surface area contributed by atoms with E-state index in [9.17, 15) is 0 Å². The number of nitrogens with zero attached hydrogens (tertiary/aromatic N) is 2. The van der Waals surface area contributed by atoms with Crippen LogP contribution < -0.4 is 5.32 Å². The van der Waals surface area contributed by atoms with Gasteiger partial charge in [0.15, 0.2) is 5.16 Å². The maximum absolute atomic E-state index is 5.91. The predicted octanol–water partition coefficient (Wildman–Crippen LogP) is 4.29. The molecule has 0 aliphatic heterocycles. The van der Waals surface area contributed by atoms with Crippen molar-refractivity contribution in [2.75, 3.05) is 11.6 Å². The van der Waals surface area contributed by atoms with Gasteiger partial charge in [0.2, 0.25) is 0 Å². The summed E-state index contributed by atoms with van der Waals surface area (Å²) in [5, 5.41) is 4.36. The van der Waals surface area contributed by atoms with Gasteiger partial charge in [0.05, 0.1) is 10.3 Å². The Kier molecular flexibility index (Phi) is 4.67. The van der Waals surface area contributed by atoms with E-state index in [0.29, 0.717) is 10.3 Å². The fourth-order valence-electron chi connectivity index (χ4n) is 1.20. The molecule has 0 atom stereocenters. The molecule has 0 spiro atoms. The lowest BCUT2D eigenvalue weighted by Crippen LogP contribution is -2.01. The van der Waals surface area contributed by atoms with Gasteiger partial charge in [-0.1, -0.05) is 23.4 Å². The largest absolute Gasteiger partial charge is 0.365 e. The molecule has 2 rings (SSSR count). The van der Waals surface area contributed by atoms with E-state index in [2.05, 4.69) is 37.3 Å². The number of nitrogens with one attached hydrogen (secondary N) is 1. The summed E-state index contributed by atoms with van der Waals surface area (Å²) < 4.78 is 1.12. The first-order chi connectivity index (χ1) is 8.17. The Balaban J connectivity index is 2.05. The highest BCUT2D eigenvalue weighted by molar-refractivity contribution is 9.11.